The van der Waals surface area contributed by atoms with Gasteiger partial charge in [-0.3, -0.25) is 4.79 Å². The molecule has 1 aliphatic rings. The number of hydrogen-bond donors (Lipinski definition) is 2. The van der Waals surface area contributed by atoms with Crippen LogP contribution in [0.3, 0.4) is 0 Å². The smallest absolute Gasteiger partial charge is 0.224 e. The lowest BCUT2D eigenvalue weighted by Crippen LogP contribution is -2.43. The maximum Gasteiger partial charge on any atom is 0.224 e. The Labute approximate surface area is 102 Å². The van der Waals surface area contributed by atoms with Crippen molar-refractivity contribution in [2.45, 2.75) is 44.7 Å². The van der Waals surface area contributed by atoms with E-state index >= 15 is 0 Å². The van der Waals surface area contributed by atoms with Crippen LogP contribution < -0.4 is 11.1 Å². The topological polar surface area (TPSA) is 68.3 Å². The van der Waals surface area contributed by atoms with E-state index in [1.54, 1.807) is 6.26 Å². The van der Waals surface area contributed by atoms with Gasteiger partial charge in [-0.2, -0.15) is 0 Å². The molecule has 2 rings (SSSR count). The molecular weight excluding hydrogens is 216 g/mol. The summed E-state index contributed by atoms with van der Waals surface area (Å²) in [6, 6.07) is 3.90. The van der Waals surface area contributed by atoms with Crippen molar-refractivity contribution in [3.63, 3.8) is 0 Å². The van der Waals surface area contributed by atoms with Crippen LogP contribution in [0.15, 0.2) is 22.8 Å². The molecule has 1 amide bonds. The van der Waals surface area contributed by atoms with Crippen molar-refractivity contribution in [1.82, 2.24) is 5.32 Å². The Balaban J connectivity index is 1.82. The molecule has 0 aromatic carbocycles. The Morgan fingerprint density at radius 3 is 3.06 bits per heavy atom. The van der Waals surface area contributed by atoms with Crippen LogP contribution in [0.2, 0.25) is 0 Å². The average Bonchev–Trinajstić information content (AvgIpc) is 2.88. The van der Waals surface area contributed by atoms with Gasteiger partial charge in [0.1, 0.15) is 5.76 Å². The highest BCUT2D eigenvalue weighted by Gasteiger charge is 2.30. The number of nitrogens with one attached hydrogen (secondary N) is 1. The molecule has 3 unspecified atom stereocenters. The fraction of sp³-hybridized carbons (Fsp3) is 0.615. The lowest BCUT2D eigenvalue weighted by molar-refractivity contribution is -0.125. The van der Waals surface area contributed by atoms with E-state index in [9.17, 15) is 4.79 Å². The largest absolute Gasteiger partial charge is 0.469 e. The molecule has 0 bridgehead atoms. The lowest BCUT2D eigenvalue weighted by atomic mass is 10.0. The van der Waals surface area contributed by atoms with Crippen LogP contribution in [0.4, 0.5) is 0 Å². The maximum atomic E-state index is 12.0. The summed E-state index contributed by atoms with van der Waals surface area (Å²) in [5, 5.41) is 3.01. The summed E-state index contributed by atoms with van der Waals surface area (Å²) >= 11 is 0. The zero-order valence-corrected chi connectivity index (χ0v) is 10.2. The zero-order chi connectivity index (χ0) is 12.3. The highest BCUT2D eigenvalue weighted by molar-refractivity contribution is 5.80. The number of rotatable bonds is 4. The molecule has 1 saturated carbocycles. The summed E-state index contributed by atoms with van der Waals surface area (Å²) < 4.78 is 5.26. The van der Waals surface area contributed by atoms with Gasteiger partial charge in [-0.25, -0.2) is 0 Å². The number of carbonyl (C=O) groups is 1. The van der Waals surface area contributed by atoms with E-state index in [1.807, 2.05) is 19.1 Å². The minimum Gasteiger partial charge on any atom is -0.469 e. The highest BCUT2D eigenvalue weighted by Crippen LogP contribution is 2.24. The molecule has 0 saturated heterocycles. The van der Waals surface area contributed by atoms with Gasteiger partial charge in [0.05, 0.1) is 12.2 Å². The summed E-state index contributed by atoms with van der Waals surface area (Å²) in [5.41, 5.74) is 5.91. The van der Waals surface area contributed by atoms with Crippen molar-refractivity contribution >= 4 is 5.91 Å². The molecule has 0 spiro atoms. The monoisotopic (exact) mass is 236 g/mol. The van der Waals surface area contributed by atoms with Crippen molar-refractivity contribution < 1.29 is 9.21 Å². The standard InChI is InChI=1S/C13H20N2O2/c1-9(8-10-4-3-7-17-10)15-13(16)11-5-2-6-12(11)14/h3-4,7,9,11-12H,2,5-6,8,14H2,1H3,(H,15,16). The Morgan fingerprint density at radius 1 is 1.65 bits per heavy atom. The predicted octanol–water partition coefficient (Wildman–Crippen LogP) is 1.45. The number of amides is 1. The van der Waals surface area contributed by atoms with Crippen LogP contribution in [0, 0.1) is 5.92 Å². The van der Waals surface area contributed by atoms with Crippen LogP contribution >= 0.6 is 0 Å². The second-order valence-corrected chi connectivity index (χ2v) is 4.89. The molecule has 1 heterocycles. The normalized spacial score (nSPS) is 25.8. The summed E-state index contributed by atoms with van der Waals surface area (Å²) in [7, 11) is 0. The fourth-order valence-electron chi connectivity index (χ4n) is 2.45. The van der Waals surface area contributed by atoms with Gasteiger partial charge in [-0.05, 0) is 31.9 Å². The van der Waals surface area contributed by atoms with E-state index in [2.05, 4.69) is 5.32 Å². The first kappa shape index (κ1) is 12.2. The summed E-state index contributed by atoms with van der Waals surface area (Å²) in [4.78, 5) is 12.0. The van der Waals surface area contributed by atoms with Gasteiger partial charge in [0.15, 0.2) is 0 Å². The highest BCUT2D eigenvalue weighted by atomic mass is 16.3. The molecule has 1 aliphatic carbocycles. The van der Waals surface area contributed by atoms with Gasteiger partial charge >= 0.3 is 0 Å². The third-order valence-electron chi connectivity index (χ3n) is 3.38. The van der Waals surface area contributed by atoms with Crippen molar-refractivity contribution in [3.05, 3.63) is 24.2 Å². The number of carbonyl (C=O) groups excluding carboxylic acids is 1. The molecule has 3 N–H and O–H groups in total. The van der Waals surface area contributed by atoms with Gasteiger partial charge in [0.2, 0.25) is 5.91 Å². The predicted molar refractivity (Wildman–Crippen MR) is 65.3 cm³/mol. The van der Waals surface area contributed by atoms with E-state index in [-0.39, 0.29) is 23.9 Å². The average molecular weight is 236 g/mol. The first-order chi connectivity index (χ1) is 8.16. The minimum atomic E-state index is -0.00551. The first-order valence-electron chi connectivity index (χ1n) is 6.25. The Kier molecular flexibility index (Phi) is 3.84. The molecule has 3 atom stereocenters. The van der Waals surface area contributed by atoms with E-state index < -0.39 is 0 Å². The zero-order valence-electron chi connectivity index (χ0n) is 10.2. The van der Waals surface area contributed by atoms with Gasteiger partial charge in [0, 0.05) is 18.5 Å². The SMILES string of the molecule is CC(Cc1ccco1)NC(=O)C1CCCC1N. The Morgan fingerprint density at radius 2 is 2.47 bits per heavy atom. The fourth-order valence-corrected chi connectivity index (χ4v) is 2.45. The first-order valence-corrected chi connectivity index (χ1v) is 6.25. The minimum absolute atomic E-state index is 0.00551. The summed E-state index contributed by atoms with van der Waals surface area (Å²) in [6.07, 6.45) is 5.31. The van der Waals surface area contributed by atoms with Gasteiger partial charge in [-0.15, -0.1) is 0 Å². The molecule has 1 aromatic rings. The van der Waals surface area contributed by atoms with E-state index in [1.165, 1.54) is 0 Å². The Bertz CT molecular complexity index is 362. The summed E-state index contributed by atoms with van der Waals surface area (Å²) in [5.74, 6) is 0.983. The number of furan rings is 1. The van der Waals surface area contributed by atoms with Gasteiger partial charge in [0.25, 0.3) is 0 Å². The molecule has 0 radical (unpaired) electrons. The second-order valence-electron chi connectivity index (χ2n) is 4.89. The third kappa shape index (κ3) is 3.09. The third-order valence-corrected chi connectivity index (χ3v) is 3.38. The van der Waals surface area contributed by atoms with E-state index in [4.69, 9.17) is 10.2 Å². The molecule has 4 heteroatoms. The molecule has 1 fully saturated rings. The van der Waals surface area contributed by atoms with Crippen LogP contribution in [0.1, 0.15) is 31.9 Å². The molecular formula is C13H20N2O2. The summed E-state index contributed by atoms with van der Waals surface area (Å²) in [6.45, 7) is 1.99. The molecule has 1 aromatic heterocycles. The quantitative estimate of drug-likeness (QED) is 0.831. The Hall–Kier alpha value is -1.29. The maximum absolute atomic E-state index is 12.0. The van der Waals surface area contributed by atoms with Crippen molar-refractivity contribution in [3.8, 4) is 0 Å². The second kappa shape index (κ2) is 5.36. The lowest BCUT2D eigenvalue weighted by Gasteiger charge is -2.18. The number of hydrogen-bond acceptors (Lipinski definition) is 3. The molecule has 4 nitrogen and oxygen atoms in total. The van der Waals surface area contributed by atoms with Crippen molar-refractivity contribution in [2.75, 3.05) is 0 Å². The van der Waals surface area contributed by atoms with Gasteiger partial charge in [-0.1, -0.05) is 6.42 Å². The van der Waals surface area contributed by atoms with E-state index in [0.29, 0.717) is 0 Å². The van der Waals surface area contributed by atoms with Crippen molar-refractivity contribution in [1.29, 1.82) is 0 Å². The van der Waals surface area contributed by atoms with Crippen LogP contribution in [0.5, 0.6) is 0 Å². The number of nitrogens with two attached hydrogens (primary N) is 1. The van der Waals surface area contributed by atoms with Crippen LogP contribution in [-0.4, -0.2) is 18.0 Å². The molecule has 94 valence electrons. The van der Waals surface area contributed by atoms with Crippen LogP contribution in [0.25, 0.3) is 0 Å². The molecule has 17 heavy (non-hydrogen) atoms. The molecule has 0 aliphatic heterocycles. The van der Waals surface area contributed by atoms with Crippen molar-refractivity contribution in [2.24, 2.45) is 11.7 Å². The van der Waals surface area contributed by atoms with Gasteiger partial charge < -0.3 is 15.5 Å². The van der Waals surface area contributed by atoms with E-state index in [0.717, 1.165) is 31.4 Å². The van der Waals surface area contributed by atoms with Crippen LogP contribution in [-0.2, 0) is 11.2 Å².